The van der Waals surface area contributed by atoms with E-state index in [-0.39, 0.29) is 37.0 Å². The number of aliphatic hydroxyl groups excluding tert-OH is 3. The summed E-state index contributed by atoms with van der Waals surface area (Å²) < 4.78 is 0. The highest BCUT2D eigenvalue weighted by Crippen LogP contribution is 2.19. The maximum atomic E-state index is 11.7. The van der Waals surface area contributed by atoms with Crippen LogP contribution in [0.1, 0.15) is 33.6 Å². The molecule has 0 saturated heterocycles. The molecule has 0 rings (SSSR count). The Labute approximate surface area is 146 Å². The Hall–Kier alpha value is -1.16. The summed E-state index contributed by atoms with van der Waals surface area (Å²) in [5.74, 6) is -0.511. The molecule has 5 N–H and O–H groups in total. The highest BCUT2D eigenvalue weighted by atomic mass is 32.2. The van der Waals surface area contributed by atoms with Crippen molar-refractivity contribution in [1.82, 2.24) is 10.6 Å². The van der Waals surface area contributed by atoms with Gasteiger partial charge >= 0.3 is 0 Å². The van der Waals surface area contributed by atoms with Gasteiger partial charge in [-0.25, -0.2) is 0 Å². The molecule has 0 aliphatic heterocycles. The van der Waals surface area contributed by atoms with E-state index < -0.39 is 23.5 Å². The van der Waals surface area contributed by atoms with Crippen LogP contribution in [0, 0.1) is 5.41 Å². The molecular weight excluding hydrogens is 336 g/mol. The van der Waals surface area contributed by atoms with E-state index in [1.54, 1.807) is 13.8 Å². The number of amides is 2. The molecule has 0 aromatic rings. The Morgan fingerprint density at radius 3 is 2.29 bits per heavy atom. The van der Waals surface area contributed by atoms with E-state index in [9.17, 15) is 19.5 Å². The Balaban J connectivity index is 3.84. The molecular formula is C15H28N2O6S. The lowest BCUT2D eigenvalue weighted by Gasteiger charge is -2.27. The number of carbonyl (C=O) groups is 3. The van der Waals surface area contributed by atoms with Gasteiger partial charge in [0.15, 0.2) is 5.12 Å². The molecule has 0 saturated carbocycles. The number of rotatable bonds is 11. The molecule has 2 unspecified atom stereocenters. The van der Waals surface area contributed by atoms with E-state index >= 15 is 0 Å². The predicted octanol–water partition coefficient (Wildman–Crippen LogP) is -0.981. The summed E-state index contributed by atoms with van der Waals surface area (Å²) in [6.45, 7) is 4.68. The van der Waals surface area contributed by atoms with E-state index in [1.165, 1.54) is 6.92 Å². The third-order valence-corrected chi connectivity index (χ3v) is 4.09. The third kappa shape index (κ3) is 9.86. The van der Waals surface area contributed by atoms with Crippen molar-refractivity contribution in [3.63, 3.8) is 0 Å². The summed E-state index contributed by atoms with van der Waals surface area (Å²) in [6, 6.07) is 0. The van der Waals surface area contributed by atoms with Crippen molar-refractivity contribution < 1.29 is 29.7 Å². The molecule has 140 valence electrons. The fourth-order valence-corrected chi connectivity index (χ4v) is 2.37. The van der Waals surface area contributed by atoms with E-state index in [0.29, 0.717) is 12.3 Å². The van der Waals surface area contributed by atoms with Crippen LogP contribution >= 0.6 is 11.8 Å². The monoisotopic (exact) mass is 364 g/mol. The van der Waals surface area contributed by atoms with Gasteiger partial charge in [-0.1, -0.05) is 25.6 Å². The van der Waals surface area contributed by atoms with Crippen LogP contribution in [0.15, 0.2) is 0 Å². The standard InChI is InChI=1S/C15H28N2O6S/c1-10(19)8-12(21)24-7-6-16-11(20)4-5-17-14(23)13(22)15(2,3)9-18/h10,13,18-19,22H,4-9H2,1-3H3,(H,16,20)(H,17,23). The molecule has 0 aromatic carbocycles. The van der Waals surface area contributed by atoms with Crippen LogP contribution in [0.5, 0.6) is 0 Å². The Bertz CT molecular complexity index is 428. The molecule has 9 heteroatoms. The van der Waals surface area contributed by atoms with Gasteiger partial charge in [-0.15, -0.1) is 0 Å². The highest BCUT2D eigenvalue weighted by Gasteiger charge is 2.32. The first kappa shape index (κ1) is 22.8. The SMILES string of the molecule is CC(O)CC(=O)SCCNC(=O)CCNC(=O)C(O)C(C)(C)CO. The molecule has 2 amide bonds. The number of carbonyl (C=O) groups excluding carboxylic acids is 3. The van der Waals surface area contributed by atoms with Gasteiger partial charge in [0.05, 0.1) is 12.7 Å². The molecule has 0 fully saturated rings. The van der Waals surface area contributed by atoms with Crippen molar-refractivity contribution in [2.24, 2.45) is 5.41 Å². The molecule has 0 spiro atoms. The predicted molar refractivity (Wildman–Crippen MR) is 91.3 cm³/mol. The molecule has 2 atom stereocenters. The molecule has 0 bridgehead atoms. The van der Waals surface area contributed by atoms with Crippen LogP contribution in [0.25, 0.3) is 0 Å². The average Bonchev–Trinajstić information content (AvgIpc) is 2.49. The van der Waals surface area contributed by atoms with Gasteiger partial charge in [-0.2, -0.15) is 0 Å². The van der Waals surface area contributed by atoms with Crippen molar-refractivity contribution >= 4 is 28.7 Å². The van der Waals surface area contributed by atoms with Crippen LogP contribution in [-0.4, -0.2) is 69.9 Å². The number of hydrogen-bond acceptors (Lipinski definition) is 7. The molecule has 0 radical (unpaired) electrons. The van der Waals surface area contributed by atoms with Gasteiger partial charge < -0.3 is 26.0 Å². The third-order valence-electron chi connectivity index (χ3n) is 3.20. The van der Waals surface area contributed by atoms with Crippen LogP contribution < -0.4 is 10.6 Å². The van der Waals surface area contributed by atoms with Crippen LogP contribution in [0.2, 0.25) is 0 Å². The normalized spacial score (nSPS) is 13.9. The highest BCUT2D eigenvalue weighted by molar-refractivity contribution is 8.13. The summed E-state index contributed by atoms with van der Waals surface area (Å²) in [5, 5.41) is 32.8. The summed E-state index contributed by atoms with van der Waals surface area (Å²) in [4.78, 5) is 34.6. The van der Waals surface area contributed by atoms with Gasteiger partial charge in [-0.3, -0.25) is 14.4 Å². The Morgan fingerprint density at radius 2 is 1.75 bits per heavy atom. The largest absolute Gasteiger partial charge is 0.396 e. The number of nitrogens with one attached hydrogen (secondary N) is 2. The zero-order chi connectivity index (χ0) is 18.8. The first-order valence-electron chi connectivity index (χ1n) is 7.77. The van der Waals surface area contributed by atoms with Crippen LogP contribution in [-0.2, 0) is 14.4 Å². The van der Waals surface area contributed by atoms with Crippen molar-refractivity contribution in [2.45, 2.75) is 45.8 Å². The minimum absolute atomic E-state index is 0.0459. The summed E-state index contributed by atoms with van der Waals surface area (Å²) in [6.07, 6.45) is -1.90. The maximum Gasteiger partial charge on any atom is 0.249 e. The smallest absolute Gasteiger partial charge is 0.249 e. The average molecular weight is 364 g/mol. The Morgan fingerprint density at radius 1 is 1.12 bits per heavy atom. The van der Waals surface area contributed by atoms with Gasteiger partial charge in [-0.05, 0) is 6.92 Å². The second-order valence-corrected chi connectivity index (χ2v) is 7.37. The molecule has 0 aromatic heterocycles. The lowest BCUT2D eigenvalue weighted by molar-refractivity contribution is -0.137. The van der Waals surface area contributed by atoms with Crippen molar-refractivity contribution in [3.05, 3.63) is 0 Å². The summed E-state index contributed by atoms with van der Waals surface area (Å²) >= 11 is 1.04. The number of hydrogen-bond donors (Lipinski definition) is 5. The summed E-state index contributed by atoms with van der Waals surface area (Å²) in [5.41, 5.74) is -0.956. The molecule has 8 nitrogen and oxygen atoms in total. The fourth-order valence-electron chi connectivity index (χ4n) is 1.58. The molecule has 0 aliphatic carbocycles. The van der Waals surface area contributed by atoms with E-state index in [1.807, 2.05) is 0 Å². The van der Waals surface area contributed by atoms with Gasteiger partial charge in [0.25, 0.3) is 0 Å². The molecule has 0 heterocycles. The van der Waals surface area contributed by atoms with Crippen LogP contribution in [0.3, 0.4) is 0 Å². The number of aliphatic hydroxyl groups is 3. The zero-order valence-corrected chi connectivity index (χ0v) is 15.2. The maximum absolute atomic E-state index is 11.7. The first-order chi connectivity index (χ1) is 11.1. The van der Waals surface area contributed by atoms with Gasteiger partial charge in [0, 0.05) is 37.1 Å². The van der Waals surface area contributed by atoms with E-state index in [0.717, 1.165) is 11.8 Å². The Kier molecular flexibility index (Phi) is 10.9. The fraction of sp³-hybridized carbons (Fsp3) is 0.800. The van der Waals surface area contributed by atoms with Crippen molar-refractivity contribution in [3.8, 4) is 0 Å². The van der Waals surface area contributed by atoms with Crippen molar-refractivity contribution in [1.29, 1.82) is 0 Å². The van der Waals surface area contributed by atoms with E-state index in [4.69, 9.17) is 10.2 Å². The summed E-state index contributed by atoms with van der Waals surface area (Å²) in [7, 11) is 0. The van der Waals surface area contributed by atoms with Crippen LogP contribution in [0.4, 0.5) is 0 Å². The van der Waals surface area contributed by atoms with Gasteiger partial charge in [0.1, 0.15) is 6.10 Å². The molecule has 24 heavy (non-hydrogen) atoms. The lowest BCUT2D eigenvalue weighted by Crippen LogP contribution is -2.46. The van der Waals surface area contributed by atoms with Crippen molar-refractivity contribution in [2.75, 3.05) is 25.4 Å². The topological polar surface area (TPSA) is 136 Å². The second kappa shape index (κ2) is 11.4. The lowest BCUT2D eigenvalue weighted by atomic mass is 9.87. The van der Waals surface area contributed by atoms with Gasteiger partial charge in [0.2, 0.25) is 11.8 Å². The second-order valence-electron chi connectivity index (χ2n) is 6.21. The number of thioether (sulfide) groups is 1. The van der Waals surface area contributed by atoms with E-state index in [2.05, 4.69) is 10.6 Å². The minimum atomic E-state index is -1.36. The molecule has 0 aliphatic rings. The zero-order valence-electron chi connectivity index (χ0n) is 14.4. The quantitative estimate of drug-likeness (QED) is 0.297. The first-order valence-corrected chi connectivity index (χ1v) is 8.75. The minimum Gasteiger partial charge on any atom is -0.396 e.